The SMILES string of the molecule is O=C(CN1CCN(CC(=O)Nc2ccc(NC(=O)Nc3cccc(C(F)(F)F)c3)cc2)CC1)N/N=C/c1ccccc1O. The highest BCUT2D eigenvalue weighted by molar-refractivity contribution is 6.00. The Morgan fingerprint density at radius 3 is 1.98 bits per heavy atom. The maximum Gasteiger partial charge on any atom is 0.416 e. The van der Waals surface area contributed by atoms with E-state index in [9.17, 15) is 32.7 Å². The Labute approximate surface area is 245 Å². The fourth-order valence-corrected chi connectivity index (χ4v) is 4.22. The summed E-state index contributed by atoms with van der Waals surface area (Å²) in [6, 6.07) is 16.5. The highest BCUT2D eigenvalue weighted by Crippen LogP contribution is 2.30. The third-order valence-corrected chi connectivity index (χ3v) is 6.40. The summed E-state index contributed by atoms with van der Waals surface area (Å²) in [6.45, 7) is 2.66. The van der Waals surface area contributed by atoms with Crippen LogP contribution in [0.2, 0.25) is 0 Å². The molecule has 226 valence electrons. The number of carbonyl (C=O) groups is 3. The molecule has 0 radical (unpaired) electrons. The normalized spacial score (nSPS) is 14.3. The number of urea groups is 1. The molecule has 0 bridgehead atoms. The van der Waals surface area contributed by atoms with Crippen molar-refractivity contribution in [3.8, 4) is 5.75 Å². The van der Waals surface area contributed by atoms with Crippen LogP contribution in [-0.4, -0.2) is 78.2 Å². The van der Waals surface area contributed by atoms with Crippen molar-refractivity contribution >= 4 is 41.1 Å². The highest BCUT2D eigenvalue weighted by Gasteiger charge is 2.30. The zero-order valence-corrected chi connectivity index (χ0v) is 22.9. The Morgan fingerprint density at radius 1 is 0.767 bits per heavy atom. The fourth-order valence-electron chi connectivity index (χ4n) is 4.22. The van der Waals surface area contributed by atoms with Gasteiger partial charge in [-0.2, -0.15) is 18.3 Å². The van der Waals surface area contributed by atoms with Gasteiger partial charge in [0.2, 0.25) is 5.91 Å². The number of phenolic OH excluding ortho intramolecular Hbond substituents is 1. The van der Waals surface area contributed by atoms with E-state index in [1.165, 1.54) is 24.4 Å². The summed E-state index contributed by atoms with van der Waals surface area (Å²) < 4.78 is 38.6. The number of nitrogens with zero attached hydrogens (tertiary/aromatic N) is 3. The molecule has 4 rings (SSSR count). The molecule has 1 aliphatic rings. The number of nitrogens with one attached hydrogen (secondary N) is 4. The van der Waals surface area contributed by atoms with E-state index in [1.807, 2.05) is 9.80 Å². The number of halogens is 3. The monoisotopic (exact) mass is 597 g/mol. The van der Waals surface area contributed by atoms with Crippen molar-refractivity contribution in [3.63, 3.8) is 0 Å². The number of hydrogen-bond acceptors (Lipinski definition) is 7. The van der Waals surface area contributed by atoms with E-state index in [0.29, 0.717) is 43.1 Å². The number of para-hydroxylation sites is 1. The van der Waals surface area contributed by atoms with Gasteiger partial charge in [0.1, 0.15) is 5.75 Å². The van der Waals surface area contributed by atoms with Crippen LogP contribution in [0.4, 0.5) is 35.0 Å². The summed E-state index contributed by atoms with van der Waals surface area (Å²) in [4.78, 5) is 40.8. The van der Waals surface area contributed by atoms with Gasteiger partial charge in [-0.3, -0.25) is 19.4 Å². The van der Waals surface area contributed by atoms with Crippen molar-refractivity contribution in [3.05, 3.63) is 83.9 Å². The first kappa shape index (κ1) is 31.0. The zero-order chi connectivity index (χ0) is 30.8. The zero-order valence-electron chi connectivity index (χ0n) is 22.9. The number of anilines is 3. The molecule has 0 unspecified atom stereocenters. The molecule has 1 fully saturated rings. The number of alkyl halides is 3. The molecule has 14 heteroatoms. The first-order valence-corrected chi connectivity index (χ1v) is 13.2. The number of phenols is 1. The minimum atomic E-state index is -4.52. The lowest BCUT2D eigenvalue weighted by Gasteiger charge is -2.33. The van der Waals surface area contributed by atoms with Crippen LogP contribution >= 0.6 is 0 Å². The second kappa shape index (κ2) is 14.3. The van der Waals surface area contributed by atoms with E-state index in [1.54, 1.807) is 42.5 Å². The second-order valence-corrected chi connectivity index (χ2v) is 9.69. The Hall–Kier alpha value is -4.95. The van der Waals surface area contributed by atoms with Crippen molar-refractivity contribution in [2.24, 2.45) is 5.10 Å². The van der Waals surface area contributed by atoms with Crippen molar-refractivity contribution in [1.29, 1.82) is 0 Å². The maximum atomic E-state index is 12.9. The average molecular weight is 598 g/mol. The number of rotatable bonds is 9. The summed E-state index contributed by atoms with van der Waals surface area (Å²) >= 11 is 0. The van der Waals surface area contributed by atoms with Crippen LogP contribution in [0.1, 0.15) is 11.1 Å². The van der Waals surface area contributed by atoms with Crippen LogP contribution in [-0.2, 0) is 15.8 Å². The Morgan fingerprint density at radius 2 is 1.35 bits per heavy atom. The molecule has 3 aromatic carbocycles. The highest BCUT2D eigenvalue weighted by atomic mass is 19.4. The van der Waals surface area contributed by atoms with Crippen LogP contribution in [0, 0.1) is 0 Å². The molecular formula is C29H30F3N7O4. The van der Waals surface area contributed by atoms with Crippen LogP contribution < -0.4 is 21.4 Å². The van der Waals surface area contributed by atoms with Crippen LogP contribution in [0.25, 0.3) is 0 Å². The maximum absolute atomic E-state index is 12.9. The van der Waals surface area contributed by atoms with E-state index in [0.717, 1.165) is 12.1 Å². The van der Waals surface area contributed by atoms with E-state index < -0.39 is 17.8 Å². The van der Waals surface area contributed by atoms with Crippen LogP contribution in [0.15, 0.2) is 77.9 Å². The summed E-state index contributed by atoms with van der Waals surface area (Å²) in [7, 11) is 0. The molecule has 0 atom stereocenters. The molecular weight excluding hydrogens is 567 g/mol. The molecule has 1 saturated heterocycles. The number of hydrogen-bond donors (Lipinski definition) is 5. The van der Waals surface area contributed by atoms with Crippen molar-refractivity contribution in [2.75, 3.05) is 55.2 Å². The van der Waals surface area contributed by atoms with Gasteiger partial charge in [-0.1, -0.05) is 18.2 Å². The standard InChI is InChI=1S/C29H30F3N7O4/c30-29(31,32)21-5-3-6-24(16-21)36-28(43)35-23-10-8-22(9-11-23)34-26(41)18-38-12-14-39(15-13-38)19-27(42)37-33-17-20-4-1-2-7-25(20)40/h1-11,16-17,40H,12-15,18-19H2,(H,34,41)(H,37,42)(H2,35,36,43)/b33-17+. The van der Waals surface area contributed by atoms with Crippen molar-refractivity contribution in [1.82, 2.24) is 15.2 Å². The molecule has 5 N–H and O–H groups in total. The minimum absolute atomic E-state index is 0.00444. The smallest absolute Gasteiger partial charge is 0.416 e. The molecule has 0 aliphatic carbocycles. The first-order valence-electron chi connectivity index (χ1n) is 13.2. The topological polar surface area (TPSA) is 138 Å². The van der Waals surface area contributed by atoms with Gasteiger partial charge in [-0.25, -0.2) is 10.2 Å². The number of piperazine rings is 1. The Kier molecular flexibility index (Phi) is 10.3. The molecule has 3 aromatic rings. The van der Waals surface area contributed by atoms with Gasteiger partial charge in [0.15, 0.2) is 0 Å². The van der Waals surface area contributed by atoms with Gasteiger partial charge in [-0.05, 0) is 54.6 Å². The molecule has 1 heterocycles. The van der Waals surface area contributed by atoms with Crippen molar-refractivity contribution in [2.45, 2.75) is 6.18 Å². The summed E-state index contributed by atoms with van der Waals surface area (Å²) in [5.74, 6) is -0.453. The molecule has 0 spiro atoms. The lowest BCUT2D eigenvalue weighted by atomic mass is 10.2. The fraction of sp³-hybridized carbons (Fsp3) is 0.241. The van der Waals surface area contributed by atoms with Gasteiger partial charge >= 0.3 is 12.2 Å². The lowest BCUT2D eigenvalue weighted by Crippen LogP contribution is -2.50. The Bertz CT molecular complexity index is 1460. The third-order valence-electron chi connectivity index (χ3n) is 6.40. The average Bonchev–Trinajstić information content (AvgIpc) is 2.96. The van der Waals surface area contributed by atoms with Gasteiger partial charge in [0.25, 0.3) is 5.91 Å². The predicted molar refractivity (Wildman–Crippen MR) is 156 cm³/mol. The largest absolute Gasteiger partial charge is 0.507 e. The number of hydrazone groups is 1. The molecule has 4 amide bonds. The molecule has 0 aromatic heterocycles. The quantitative estimate of drug-likeness (QED) is 0.188. The van der Waals surface area contributed by atoms with Crippen LogP contribution in [0.5, 0.6) is 5.75 Å². The number of carbonyl (C=O) groups excluding carboxylic acids is 3. The molecule has 1 aliphatic heterocycles. The third kappa shape index (κ3) is 9.83. The second-order valence-electron chi connectivity index (χ2n) is 9.69. The minimum Gasteiger partial charge on any atom is -0.507 e. The molecule has 0 saturated carbocycles. The van der Waals surface area contributed by atoms with Gasteiger partial charge in [0, 0.05) is 48.8 Å². The summed E-state index contributed by atoms with van der Waals surface area (Å²) in [5.41, 5.74) is 2.94. The number of benzene rings is 3. The summed E-state index contributed by atoms with van der Waals surface area (Å²) in [5, 5.41) is 21.3. The number of amides is 4. The predicted octanol–water partition coefficient (Wildman–Crippen LogP) is 3.76. The lowest BCUT2D eigenvalue weighted by molar-refractivity contribution is -0.137. The first-order chi connectivity index (χ1) is 20.5. The van der Waals surface area contributed by atoms with Gasteiger partial charge in [0.05, 0.1) is 24.9 Å². The Balaban J connectivity index is 1.15. The number of aromatic hydroxyl groups is 1. The molecule has 11 nitrogen and oxygen atoms in total. The summed E-state index contributed by atoms with van der Waals surface area (Å²) in [6.07, 6.45) is -3.15. The van der Waals surface area contributed by atoms with Crippen molar-refractivity contribution < 1.29 is 32.7 Å². The van der Waals surface area contributed by atoms with E-state index in [4.69, 9.17) is 0 Å². The van der Waals surface area contributed by atoms with E-state index in [2.05, 4.69) is 26.5 Å². The molecule has 43 heavy (non-hydrogen) atoms. The van der Waals surface area contributed by atoms with Gasteiger partial charge in [-0.15, -0.1) is 0 Å². The van der Waals surface area contributed by atoms with Crippen LogP contribution in [0.3, 0.4) is 0 Å². The van der Waals surface area contributed by atoms with Gasteiger partial charge < -0.3 is 21.1 Å². The van der Waals surface area contributed by atoms with E-state index in [-0.39, 0.29) is 36.3 Å². The van der Waals surface area contributed by atoms with E-state index >= 15 is 0 Å².